The molecule has 3 nitrogen and oxygen atoms in total. The molecule has 0 saturated carbocycles. The lowest BCUT2D eigenvalue weighted by Crippen LogP contribution is -2.20. The lowest BCUT2D eigenvalue weighted by molar-refractivity contribution is -0.118. The van der Waals surface area contributed by atoms with Gasteiger partial charge >= 0.3 is 0 Å². The third-order valence-electron chi connectivity index (χ3n) is 4.65. The molecule has 1 amide bonds. The third-order valence-corrected chi connectivity index (χ3v) is 5.54. The van der Waals surface area contributed by atoms with E-state index in [1.165, 1.54) is 16.5 Å². The summed E-state index contributed by atoms with van der Waals surface area (Å²) in [5.41, 5.74) is 4.66. The fraction of sp³-hybridized carbons (Fsp3) is 0.190. The number of carbonyl (C=O) groups excluding carboxylic acids is 1. The Balaban J connectivity index is 1.50. The Morgan fingerprint density at radius 2 is 1.92 bits per heavy atom. The fourth-order valence-electron chi connectivity index (χ4n) is 3.40. The molecule has 0 radical (unpaired) electrons. The number of hydrogen-bond acceptors (Lipinski definition) is 2. The summed E-state index contributed by atoms with van der Waals surface area (Å²) < 4.78 is 6.64. The summed E-state index contributed by atoms with van der Waals surface area (Å²) in [4.78, 5) is 12.3. The Hall–Kier alpha value is -2.33. The van der Waals surface area contributed by atoms with Crippen molar-refractivity contribution in [3.8, 4) is 5.75 Å². The van der Waals surface area contributed by atoms with Crippen LogP contribution < -0.4 is 10.1 Å². The molecule has 1 aliphatic rings. The van der Waals surface area contributed by atoms with Gasteiger partial charge in [-0.25, -0.2) is 0 Å². The number of ether oxygens (including phenoxy) is 1. The summed E-state index contributed by atoms with van der Waals surface area (Å²) in [5, 5.41) is 5.40. The molecule has 126 valence electrons. The van der Waals surface area contributed by atoms with Crippen molar-refractivity contribution in [1.29, 1.82) is 0 Å². The Bertz CT molecular complexity index is 971. The number of rotatable bonds is 4. The number of aryl methyl sites for hydroxylation is 3. The van der Waals surface area contributed by atoms with Crippen molar-refractivity contribution < 1.29 is 9.53 Å². The second kappa shape index (κ2) is 6.52. The molecule has 0 fully saturated rings. The van der Waals surface area contributed by atoms with Gasteiger partial charge in [-0.15, -0.1) is 0 Å². The van der Waals surface area contributed by atoms with Crippen molar-refractivity contribution in [2.75, 3.05) is 11.9 Å². The molecule has 0 bridgehead atoms. The van der Waals surface area contributed by atoms with Gasteiger partial charge in [0.2, 0.25) is 0 Å². The smallest absolute Gasteiger partial charge is 0.262 e. The van der Waals surface area contributed by atoms with E-state index < -0.39 is 0 Å². The number of benzene rings is 3. The molecule has 0 unspecified atom stereocenters. The van der Waals surface area contributed by atoms with Crippen molar-refractivity contribution in [2.45, 2.75) is 19.8 Å². The quantitative estimate of drug-likeness (QED) is 0.672. The van der Waals surface area contributed by atoms with Gasteiger partial charge in [-0.3, -0.25) is 4.79 Å². The molecule has 0 saturated heterocycles. The van der Waals surface area contributed by atoms with Gasteiger partial charge in [0, 0.05) is 15.5 Å². The van der Waals surface area contributed by atoms with Gasteiger partial charge in [0.05, 0.1) is 0 Å². The van der Waals surface area contributed by atoms with Crippen LogP contribution >= 0.6 is 15.9 Å². The van der Waals surface area contributed by atoms with Crippen LogP contribution in [0.5, 0.6) is 5.75 Å². The van der Waals surface area contributed by atoms with Crippen LogP contribution in [-0.2, 0) is 17.6 Å². The van der Waals surface area contributed by atoms with Gasteiger partial charge in [0.25, 0.3) is 5.91 Å². The maximum Gasteiger partial charge on any atom is 0.262 e. The summed E-state index contributed by atoms with van der Waals surface area (Å²) in [6.07, 6.45) is 2.16. The van der Waals surface area contributed by atoms with E-state index in [2.05, 4.69) is 45.5 Å². The predicted molar refractivity (Wildman–Crippen MR) is 104 cm³/mol. The molecule has 1 aliphatic carbocycles. The monoisotopic (exact) mass is 395 g/mol. The van der Waals surface area contributed by atoms with Crippen LogP contribution in [0.15, 0.2) is 53.0 Å². The van der Waals surface area contributed by atoms with Crippen molar-refractivity contribution in [3.63, 3.8) is 0 Å². The summed E-state index contributed by atoms with van der Waals surface area (Å²) in [6, 6.07) is 16.1. The first-order valence-electron chi connectivity index (χ1n) is 8.34. The van der Waals surface area contributed by atoms with Gasteiger partial charge < -0.3 is 10.1 Å². The molecule has 4 rings (SSSR count). The molecule has 0 heterocycles. The Kier molecular flexibility index (Phi) is 4.22. The van der Waals surface area contributed by atoms with E-state index in [1.807, 2.05) is 31.2 Å². The first-order valence-corrected chi connectivity index (χ1v) is 9.13. The highest BCUT2D eigenvalue weighted by atomic mass is 79.9. The van der Waals surface area contributed by atoms with Crippen LogP contribution in [0.3, 0.4) is 0 Å². The summed E-state index contributed by atoms with van der Waals surface area (Å²) in [7, 11) is 0. The zero-order chi connectivity index (χ0) is 17.4. The zero-order valence-electron chi connectivity index (χ0n) is 13.9. The van der Waals surface area contributed by atoms with Gasteiger partial charge in [0.15, 0.2) is 6.61 Å². The molecule has 25 heavy (non-hydrogen) atoms. The normalized spacial score (nSPS) is 12.4. The van der Waals surface area contributed by atoms with E-state index >= 15 is 0 Å². The van der Waals surface area contributed by atoms with Crippen molar-refractivity contribution >= 4 is 38.3 Å². The molecule has 0 atom stereocenters. The van der Waals surface area contributed by atoms with Gasteiger partial charge in [-0.05, 0) is 66.1 Å². The van der Waals surface area contributed by atoms with Crippen LogP contribution in [0, 0.1) is 6.92 Å². The van der Waals surface area contributed by atoms with E-state index in [4.69, 9.17) is 4.74 Å². The van der Waals surface area contributed by atoms with E-state index in [0.29, 0.717) is 5.75 Å². The zero-order valence-corrected chi connectivity index (χ0v) is 15.5. The number of carbonyl (C=O) groups is 1. The number of anilines is 1. The van der Waals surface area contributed by atoms with E-state index in [0.717, 1.165) is 34.0 Å². The summed E-state index contributed by atoms with van der Waals surface area (Å²) >= 11 is 3.46. The Labute approximate surface area is 155 Å². The molecule has 0 aromatic heterocycles. The number of amides is 1. The third kappa shape index (κ3) is 3.14. The van der Waals surface area contributed by atoms with E-state index in [1.54, 1.807) is 0 Å². The molecule has 1 N–H and O–H groups in total. The standard InChI is InChI=1S/C21H18BrNO2/c1-13-11-16(8-9-18(13)22)25-12-20(24)23-19-10-7-15-6-5-14-3-2-4-17(19)21(14)15/h2-4,7-11H,5-6,12H2,1H3,(H,23,24). The second-order valence-corrected chi connectivity index (χ2v) is 7.21. The molecule has 3 aromatic carbocycles. The first-order chi connectivity index (χ1) is 12.1. The second-order valence-electron chi connectivity index (χ2n) is 6.36. The summed E-state index contributed by atoms with van der Waals surface area (Å²) in [5.74, 6) is 0.538. The van der Waals surface area contributed by atoms with Crippen molar-refractivity contribution in [1.82, 2.24) is 0 Å². The lowest BCUT2D eigenvalue weighted by atomic mass is 10.0. The molecule has 4 heteroatoms. The minimum Gasteiger partial charge on any atom is -0.484 e. The molecule has 0 spiro atoms. The number of nitrogens with one attached hydrogen (secondary N) is 1. The number of halogens is 1. The highest BCUT2D eigenvalue weighted by Crippen LogP contribution is 2.35. The maximum absolute atomic E-state index is 12.3. The van der Waals surface area contributed by atoms with Crippen molar-refractivity contribution in [2.24, 2.45) is 0 Å². The minimum atomic E-state index is -0.153. The summed E-state index contributed by atoms with van der Waals surface area (Å²) in [6.45, 7) is 1.98. The Morgan fingerprint density at radius 1 is 1.12 bits per heavy atom. The molecule has 3 aromatic rings. The SMILES string of the molecule is Cc1cc(OCC(=O)Nc2ccc3c4c(cccc24)CC3)ccc1Br. The molecule has 0 aliphatic heterocycles. The Morgan fingerprint density at radius 3 is 2.72 bits per heavy atom. The van der Waals surface area contributed by atoms with Crippen LogP contribution in [0.1, 0.15) is 16.7 Å². The fourth-order valence-corrected chi connectivity index (χ4v) is 3.64. The molecular formula is C21H18BrNO2. The van der Waals surface area contributed by atoms with Crippen LogP contribution in [0.25, 0.3) is 10.8 Å². The average molecular weight is 396 g/mol. The minimum absolute atomic E-state index is 0.00991. The topological polar surface area (TPSA) is 38.3 Å². The van der Waals surface area contributed by atoms with Crippen LogP contribution in [-0.4, -0.2) is 12.5 Å². The highest BCUT2D eigenvalue weighted by molar-refractivity contribution is 9.10. The van der Waals surface area contributed by atoms with Gasteiger partial charge in [0.1, 0.15) is 5.75 Å². The predicted octanol–water partition coefficient (Wildman–Crippen LogP) is 5.03. The largest absolute Gasteiger partial charge is 0.484 e. The maximum atomic E-state index is 12.3. The van der Waals surface area contributed by atoms with Gasteiger partial charge in [-0.2, -0.15) is 0 Å². The van der Waals surface area contributed by atoms with E-state index in [-0.39, 0.29) is 12.5 Å². The highest BCUT2D eigenvalue weighted by Gasteiger charge is 2.16. The number of hydrogen-bond donors (Lipinski definition) is 1. The molecular weight excluding hydrogens is 378 g/mol. The lowest BCUT2D eigenvalue weighted by Gasteiger charge is -2.12. The van der Waals surface area contributed by atoms with E-state index in [9.17, 15) is 4.79 Å². The van der Waals surface area contributed by atoms with Crippen LogP contribution in [0.4, 0.5) is 5.69 Å². The first kappa shape index (κ1) is 16.2. The van der Waals surface area contributed by atoms with Crippen molar-refractivity contribution in [3.05, 3.63) is 69.7 Å². The van der Waals surface area contributed by atoms with Crippen LogP contribution in [0.2, 0.25) is 0 Å². The van der Waals surface area contributed by atoms with Gasteiger partial charge in [-0.1, -0.05) is 40.2 Å². The average Bonchev–Trinajstić information content (AvgIpc) is 3.03.